The monoisotopic (exact) mass is 171 g/mol. The third-order valence-corrected chi connectivity index (χ3v) is 2.94. The van der Waals surface area contributed by atoms with Crippen LogP contribution in [0.4, 0.5) is 0 Å². The van der Waals surface area contributed by atoms with Crippen molar-refractivity contribution < 1.29 is 5.11 Å². The van der Waals surface area contributed by atoms with Crippen LogP contribution in [0.2, 0.25) is 0 Å². The fraction of sp³-hybridized carbons (Fsp3) is 1.00. The molecule has 1 atom stereocenters. The molecule has 0 amide bonds. The van der Waals surface area contributed by atoms with Gasteiger partial charge in [-0.15, -0.1) is 0 Å². The first kappa shape index (κ1) is 10.0. The van der Waals surface area contributed by atoms with E-state index in [1.807, 2.05) is 13.8 Å². The summed E-state index contributed by atoms with van der Waals surface area (Å²) in [4.78, 5) is 2.34. The Morgan fingerprint density at radius 2 is 2.00 bits per heavy atom. The van der Waals surface area contributed by atoms with Gasteiger partial charge in [0.15, 0.2) is 0 Å². The first-order valence-electron chi connectivity index (χ1n) is 5.02. The molecule has 2 heteroatoms. The summed E-state index contributed by atoms with van der Waals surface area (Å²) in [7, 11) is 0. The predicted octanol–water partition coefficient (Wildman–Crippen LogP) is 1.49. The molecule has 1 fully saturated rings. The second-order valence-corrected chi connectivity index (χ2v) is 4.32. The van der Waals surface area contributed by atoms with Crippen LogP contribution in [0.15, 0.2) is 0 Å². The van der Waals surface area contributed by atoms with Gasteiger partial charge in [0.1, 0.15) is 0 Å². The highest BCUT2D eigenvalue weighted by atomic mass is 16.3. The Morgan fingerprint density at radius 3 is 2.42 bits per heavy atom. The Labute approximate surface area is 75.6 Å². The Kier molecular flexibility index (Phi) is 3.13. The van der Waals surface area contributed by atoms with Gasteiger partial charge in [0, 0.05) is 19.6 Å². The minimum Gasteiger partial charge on any atom is -0.389 e. The van der Waals surface area contributed by atoms with Crippen molar-refractivity contribution in [1.82, 2.24) is 4.90 Å². The number of nitrogens with zero attached hydrogens (tertiary/aromatic N) is 1. The second-order valence-electron chi connectivity index (χ2n) is 4.32. The molecule has 0 aromatic carbocycles. The molecule has 2 nitrogen and oxygen atoms in total. The third kappa shape index (κ3) is 2.46. The van der Waals surface area contributed by atoms with E-state index in [2.05, 4.69) is 11.8 Å². The van der Waals surface area contributed by atoms with Crippen molar-refractivity contribution in [3.8, 4) is 0 Å². The summed E-state index contributed by atoms with van der Waals surface area (Å²) in [6.07, 6.45) is 2.13. The maximum Gasteiger partial charge on any atom is 0.0743 e. The summed E-state index contributed by atoms with van der Waals surface area (Å²) in [6, 6.07) is 0. The normalized spacial score (nSPS) is 25.0. The molecular weight excluding hydrogens is 150 g/mol. The van der Waals surface area contributed by atoms with E-state index in [9.17, 15) is 5.11 Å². The summed E-state index contributed by atoms with van der Waals surface area (Å²) in [5.41, 5.74) is -0.474. The summed E-state index contributed by atoms with van der Waals surface area (Å²) < 4.78 is 0. The van der Waals surface area contributed by atoms with Gasteiger partial charge in [-0.05, 0) is 19.3 Å². The number of hydrogen-bond acceptors (Lipinski definition) is 2. The smallest absolute Gasteiger partial charge is 0.0743 e. The van der Waals surface area contributed by atoms with Crippen molar-refractivity contribution in [3.63, 3.8) is 0 Å². The van der Waals surface area contributed by atoms with E-state index in [1.165, 1.54) is 19.5 Å². The van der Waals surface area contributed by atoms with Crippen LogP contribution in [-0.4, -0.2) is 35.2 Å². The maximum absolute atomic E-state index is 9.78. The molecule has 0 spiro atoms. The molecule has 0 aromatic rings. The molecule has 1 heterocycles. The van der Waals surface area contributed by atoms with Crippen LogP contribution in [-0.2, 0) is 0 Å². The van der Waals surface area contributed by atoms with Crippen molar-refractivity contribution in [2.24, 2.45) is 5.92 Å². The fourth-order valence-corrected chi connectivity index (χ4v) is 1.66. The van der Waals surface area contributed by atoms with E-state index in [-0.39, 0.29) is 0 Å². The second kappa shape index (κ2) is 3.75. The molecule has 1 aliphatic rings. The van der Waals surface area contributed by atoms with Crippen LogP contribution in [0.3, 0.4) is 0 Å². The lowest BCUT2D eigenvalue weighted by Gasteiger charge is -2.42. The first-order chi connectivity index (χ1) is 5.57. The molecule has 1 unspecified atom stereocenters. The Hall–Kier alpha value is -0.0800. The lowest BCUT2D eigenvalue weighted by Crippen LogP contribution is -2.52. The summed E-state index contributed by atoms with van der Waals surface area (Å²) in [6.45, 7) is 9.42. The van der Waals surface area contributed by atoms with E-state index in [0.717, 1.165) is 18.9 Å². The van der Waals surface area contributed by atoms with Crippen molar-refractivity contribution in [3.05, 3.63) is 0 Å². The SMILES string of the molecule is CCC1CN(CC(C)(O)CC)C1. The van der Waals surface area contributed by atoms with E-state index < -0.39 is 5.60 Å². The van der Waals surface area contributed by atoms with Crippen molar-refractivity contribution in [1.29, 1.82) is 0 Å². The molecule has 0 aliphatic carbocycles. The standard InChI is InChI=1S/C10H21NO/c1-4-9-6-11(7-9)8-10(3,12)5-2/h9,12H,4-8H2,1-3H3. The molecule has 0 bridgehead atoms. The first-order valence-corrected chi connectivity index (χ1v) is 5.02. The van der Waals surface area contributed by atoms with Gasteiger partial charge < -0.3 is 5.11 Å². The minimum atomic E-state index is -0.474. The minimum absolute atomic E-state index is 0.474. The average molecular weight is 171 g/mol. The molecule has 1 rings (SSSR count). The molecule has 1 aliphatic heterocycles. The number of likely N-dealkylation sites (tertiary alicyclic amines) is 1. The van der Waals surface area contributed by atoms with E-state index in [4.69, 9.17) is 0 Å². The lowest BCUT2D eigenvalue weighted by atomic mass is 9.94. The number of rotatable bonds is 4. The van der Waals surface area contributed by atoms with Crippen molar-refractivity contribution in [2.45, 2.75) is 39.2 Å². The average Bonchev–Trinajstić information content (AvgIpc) is 1.96. The van der Waals surface area contributed by atoms with Crippen LogP contribution in [0.5, 0.6) is 0 Å². The van der Waals surface area contributed by atoms with Gasteiger partial charge >= 0.3 is 0 Å². The van der Waals surface area contributed by atoms with E-state index in [1.54, 1.807) is 0 Å². The number of β-amino-alcohol motifs (C(OH)–C–C–N with tert-alkyl or cyclic N) is 1. The Balaban J connectivity index is 2.18. The van der Waals surface area contributed by atoms with Crippen LogP contribution >= 0.6 is 0 Å². The quantitative estimate of drug-likeness (QED) is 0.692. The van der Waals surface area contributed by atoms with Gasteiger partial charge in [-0.1, -0.05) is 20.3 Å². The fourth-order valence-electron chi connectivity index (χ4n) is 1.66. The van der Waals surface area contributed by atoms with E-state index >= 15 is 0 Å². The molecule has 12 heavy (non-hydrogen) atoms. The summed E-state index contributed by atoms with van der Waals surface area (Å²) >= 11 is 0. The van der Waals surface area contributed by atoms with Gasteiger partial charge in [-0.25, -0.2) is 0 Å². The molecule has 0 aromatic heterocycles. The van der Waals surface area contributed by atoms with Gasteiger partial charge in [0.05, 0.1) is 5.60 Å². The maximum atomic E-state index is 9.78. The van der Waals surface area contributed by atoms with Gasteiger partial charge in [0.2, 0.25) is 0 Å². The molecule has 1 N–H and O–H groups in total. The van der Waals surface area contributed by atoms with Gasteiger partial charge in [0.25, 0.3) is 0 Å². The number of hydrogen-bond donors (Lipinski definition) is 1. The Morgan fingerprint density at radius 1 is 1.42 bits per heavy atom. The van der Waals surface area contributed by atoms with Gasteiger partial charge in [-0.3, -0.25) is 4.90 Å². The van der Waals surface area contributed by atoms with Crippen LogP contribution in [0.1, 0.15) is 33.6 Å². The van der Waals surface area contributed by atoms with Crippen molar-refractivity contribution >= 4 is 0 Å². The summed E-state index contributed by atoms with van der Waals surface area (Å²) in [5.74, 6) is 0.887. The highest BCUT2D eigenvalue weighted by Gasteiger charge is 2.30. The zero-order valence-corrected chi connectivity index (χ0v) is 8.51. The third-order valence-electron chi connectivity index (χ3n) is 2.94. The van der Waals surface area contributed by atoms with Crippen LogP contribution in [0, 0.1) is 5.92 Å². The van der Waals surface area contributed by atoms with Crippen LogP contribution in [0.25, 0.3) is 0 Å². The molecule has 1 saturated heterocycles. The van der Waals surface area contributed by atoms with E-state index in [0.29, 0.717) is 0 Å². The van der Waals surface area contributed by atoms with Crippen LogP contribution < -0.4 is 0 Å². The molecule has 0 saturated carbocycles. The lowest BCUT2D eigenvalue weighted by molar-refractivity contribution is -0.0220. The largest absolute Gasteiger partial charge is 0.389 e. The highest BCUT2D eigenvalue weighted by molar-refractivity contribution is 4.84. The van der Waals surface area contributed by atoms with Gasteiger partial charge in [-0.2, -0.15) is 0 Å². The zero-order valence-electron chi connectivity index (χ0n) is 8.51. The predicted molar refractivity (Wildman–Crippen MR) is 51.1 cm³/mol. The topological polar surface area (TPSA) is 23.5 Å². The molecule has 0 radical (unpaired) electrons. The highest BCUT2D eigenvalue weighted by Crippen LogP contribution is 2.21. The number of aliphatic hydroxyl groups is 1. The molecule has 72 valence electrons. The molecular formula is C10H21NO. The van der Waals surface area contributed by atoms with Crippen molar-refractivity contribution in [2.75, 3.05) is 19.6 Å². The summed E-state index contributed by atoms with van der Waals surface area (Å²) in [5, 5.41) is 9.78. The zero-order chi connectivity index (χ0) is 9.19. The Bertz CT molecular complexity index is 139.